The second-order valence-electron chi connectivity index (χ2n) is 8.50. The van der Waals surface area contributed by atoms with Gasteiger partial charge in [-0.2, -0.15) is 10.4 Å². The fourth-order valence-corrected chi connectivity index (χ4v) is 6.07. The molecule has 2 aromatic rings. The first kappa shape index (κ1) is 22.3. The zero-order chi connectivity index (χ0) is 22.7. The number of anilines is 2. The third kappa shape index (κ3) is 5.29. The molecule has 32 heavy (non-hydrogen) atoms. The van der Waals surface area contributed by atoms with E-state index in [4.69, 9.17) is 5.26 Å². The number of sulfone groups is 1. The van der Waals surface area contributed by atoms with E-state index in [9.17, 15) is 13.2 Å². The summed E-state index contributed by atoms with van der Waals surface area (Å²) in [5.74, 6) is 0.657. The molecule has 1 amide bonds. The lowest BCUT2D eigenvalue weighted by Crippen LogP contribution is -2.36. The van der Waals surface area contributed by atoms with Crippen molar-refractivity contribution < 1.29 is 13.2 Å². The highest BCUT2D eigenvalue weighted by Crippen LogP contribution is 2.27. The largest absolute Gasteiger partial charge is 0.370 e. The number of benzene rings is 1. The Bertz CT molecular complexity index is 1120. The van der Waals surface area contributed by atoms with Gasteiger partial charge in [0.25, 0.3) is 0 Å². The van der Waals surface area contributed by atoms with Crippen LogP contribution >= 0.6 is 0 Å². The maximum atomic E-state index is 12.8. The third-order valence-corrected chi connectivity index (χ3v) is 7.75. The molecule has 4 rings (SSSR count). The lowest BCUT2D eigenvalue weighted by atomic mass is 10.2. The Balaban J connectivity index is 1.34. The summed E-state index contributed by atoms with van der Waals surface area (Å²) in [6.45, 7) is 5.38. The second kappa shape index (κ2) is 9.30. The number of nitrogens with one attached hydrogen (secondary N) is 1. The molecule has 0 bridgehead atoms. The highest BCUT2D eigenvalue weighted by molar-refractivity contribution is 7.91. The molecule has 0 radical (unpaired) electrons. The fraction of sp³-hybridized carbons (Fsp3) is 0.500. The van der Waals surface area contributed by atoms with Crippen LogP contribution in [0.4, 0.5) is 11.5 Å². The molecule has 2 fully saturated rings. The van der Waals surface area contributed by atoms with Crippen LogP contribution in [0.2, 0.25) is 0 Å². The first-order valence-corrected chi connectivity index (χ1v) is 12.7. The first-order chi connectivity index (χ1) is 15.3. The first-order valence-electron chi connectivity index (χ1n) is 10.9. The number of carbonyl (C=O) groups is 1. The van der Waals surface area contributed by atoms with Crippen molar-refractivity contribution >= 4 is 27.2 Å². The Kier molecular flexibility index (Phi) is 6.48. The van der Waals surface area contributed by atoms with Crippen molar-refractivity contribution in [3.05, 3.63) is 41.6 Å². The van der Waals surface area contributed by atoms with E-state index in [2.05, 4.69) is 26.3 Å². The third-order valence-electron chi connectivity index (χ3n) is 6.00. The Morgan fingerprint density at radius 3 is 2.69 bits per heavy atom. The predicted molar refractivity (Wildman–Crippen MR) is 122 cm³/mol. The lowest BCUT2D eigenvalue weighted by Gasteiger charge is -2.23. The van der Waals surface area contributed by atoms with Gasteiger partial charge < -0.3 is 10.2 Å². The van der Waals surface area contributed by atoms with E-state index in [1.54, 1.807) is 10.7 Å². The van der Waals surface area contributed by atoms with E-state index < -0.39 is 9.84 Å². The van der Waals surface area contributed by atoms with Crippen molar-refractivity contribution in [2.45, 2.75) is 25.8 Å². The van der Waals surface area contributed by atoms with E-state index in [1.165, 1.54) is 0 Å². The molecule has 1 unspecified atom stereocenters. The second-order valence-corrected chi connectivity index (χ2v) is 10.7. The van der Waals surface area contributed by atoms with E-state index in [0.717, 1.165) is 44.0 Å². The number of rotatable bonds is 5. The summed E-state index contributed by atoms with van der Waals surface area (Å²) < 4.78 is 25.4. The standard InChI is InChI=1S/C22H28N6O3S/c1-17-13-21(28(25-17)20-7-12-32(30,31)16-20)24-22(29)15-26-8-2-9-27(11-10-26)19-5-3-18(14-23)4-6-19/h3-6,13,20H,2,7-12,15-16H2,1H3,(H,24,29). The molecule has 3 heterocycles. The molecular formula is C22H28N6O3S. The van der Waals surface area contributed by atoms with Crippen molar-refractivity contribution in [2.24, 2.45) is 0 Å². The molecular weight excluding hydrogens is 428 g/mol. The average molecular weight is 457 g/mol. The lowest BCUT2D eigenvalue weighted by molar-refractivity contribution is -0.117. The van der Waals surface area contributed by atoms with Crippen LogP contribution in [0.1, 0.15) is 30.1 Å². The highest BCUT2D eigenvalue weighted by Gasteiger charge is 2.31. The minimum Gasteiger partial charge on any atom is -0.370 e. The van der Waals surface area contributed by atoms with Gasteiger partial charge >= 0.3 is 0 Å². The molecule has 2 aliphatic rings. The molecule has 170 valence electrons. The smallest absolute Gasteiger partial charge is 0.239 e. The Hall–Kier alpha value is -2.90. The quantitative estimate of drug-likeness (QED) is 0.727. The maximum Gasteiger partial charge on any atom is 0.239 e. The molecule has 1 aromatic carbocycles. The van der Waals surface area contributed by atoms with Crippen molar-refractivity contribution in [2.75, 3.05) is 54.4 Å². The molecule has 2 aliphatic heterocycles. The molecule has 1 aromatic heterocycles. The predicted octanol–water partition coefficient (Wildman–Crippen LogP) is 1.57. The van der Waals surface area contributed by atoms with Crippen molar-refractivity contribution in [3.8, 4) is 6.07 Å². The van der Waals surface area contributed by atoms with Crippen LogP contribution < -0.4 is 10.2 Å². The van der Waals surface area contributed by atoms with Crippen LogP contribution in [0, 0.1) is 18.3 Å². The number of nitrogens with zero attached hydrogens (tertiary/aromatic N) is 5. The molecule has 10 heteroatoms. The summed E-state index contributed by atoms with van der Waals surface area (Å²) >= 11 is 0. The average Bonchev–Trinajstić information content (AvgIpc) is 3.21. The minimum atomic E-state index is -3.04. The highest BCUT2D eigenvalue weighted by atomic mass is 32.2. The van der Waals surface area contributed by atoms with Gasteiger partial charge in [0.15, 0.2) is 9.84 Å². The molecule has 9 nitrogen and oxygen atoms in total. The number of hydrogen-bond donors (Lipinski definition) is 1. The molecule has 0 spiro atoms. The number of aryl methyl sites for hydroxylation is 1. The van der Waals surface area contributed by atoms with Crippen molar-refractivity contribution in [1.82, 2.24) is 14.7 Å². The number of amides is 1. The van der Waals surface area contributed by atoms with Gasteiger partial charge in [-0.25, -0.2) is 13.1 Å². The van der Waals surface area contributed by atoms with Crippen molar-refractivity contribution in [3.63, 3.8) is 0 Å². The monoisotopic (exact) mass is 456 g/mol. The van der Waals surface area contributed by atoms with E-state index in [0.29, 0.717) is 17.8 Å². The summed E-state index contributed by atoms with van der Waals surface area (Å²) in [6.07, 6.45) is 1.45. The summed E-state index contributed by atoms with van der Waals surface area (Å²) in [5.41, 5.74) is 2.48. The van der Waals surface area contributed by atoms with E-state index in [1.807, 2.05) is 31.2 Å². The van der Waals surface area contributed by atoms with Crippen LogP contribution in [0.3, 0.4) is 0 Å². The Morgan fingerprint density at radius 1 is 1.22 bits per heavy atom. The number of hydrogen-bond acceptors (Lipinski definition) is 7. The molecule has 1 N–H and O–H groups in total. The molecule has 0 aliphatic carbocycles. The van der Waals surface area contributed by atoms with Crippen molar-refractivity contribution in [1.29, 1.82) is 5.26 Å². The van der Waals surface area contributed by atoms with E-state index >= 15 is 0 Å². The summed E-state index contributed by atoms with van der Waals surface area (Å²) in [6, 6.07) is 11.3. The van der Waals surface area contributed by atoms with Gasteiger partial charge in [0.05, 0.1) is 41.4 Å². The van der Waals surface area contributed by atoms with Gasteiger partial charge in [0.1, 0.15) is 5.82 Å². The number of aromatic nitrogens is 2. The Morgan fingerprint density at radius 2 is 2.00 bits per heavy atom. The van der Waals surface area contributed by atoms with Gasteiger partial charge in [-0.15, -0.1) is 0 Å². The minimum absolute atomic E-state index is 0.0638. The van der Waals surface area contributed by atoms with Gasteiger partial charge in [0.2, 0.25) is 5.91 Å². The number of carbonyl (C=O) groups excluding carboxylic acids is 1. The van der Waals surface area contributed by atoms with Gasteiger partial charge in [-0.05, 0) is 44.0 Å². The molecule has 1 atom stereocenters. The summed E-state index contributed by atoms with van der Waals surface area (Å²) in [5, 5.41) is 16.3. The normalized spacial score (nSPS) is 21.1. The zero-order valence-corrected chi connectivity index (χ0v) is 19.0. The van der Waals surface area contributed by atoms with Gasteiger partial charge in [0, 0.05) is 37.9 Å². The van der Waals surface area contributed by atoms with Gasteiger partial charge in [-0.3, -0.25) is 9.69 Å². The summed E-state index contributed by atoms with van der Waals surface area (Å²) in [4.78, 5) is 17.2. The molecule has 0 saturated carbocycles. The summed E-state index contributed by atoms with van der Waals surface area (Å²) in [7, 11) is -3.04. The van der Waals surface area contributed by atoms with Crippen LogP contribution in [0.15, 0.2) is 30.3 Å². The van der Waals surface area contributed by atoms with Crippen LogP contribution in [0.25, 0.3) is 0 Å². The van der Waals surface area contributed by atoms with Gasteiger partial charge in [-0.1, -0.05) is 0 Å². The zero-order valence-electron chi connectivity index (χ0n) is 18.2. The number of nitriles is 1. The molecule has 2 saturated heterocycles. The van der Waals surface area contributed by atoms with Crippen LogP contribution in [-0.4, -0.2) is 73.2 Å². The van der Waals surface area contributed by atoms with E-state index in [-0.39, 0.29) is 30.0 Å². The Labute approximate surface area is 188 Å². The maximum absolute atomic E-state index is 12.8. The topological polar surface area (TPSA) is 111 Å². The fourth-order valence-electron chi connectivity index (χ4n) is 4.38. The SMILES string of the molecule is Cc1cc(NC(=O)CN2CCCN(c3ccc(C#N)cc3)CC2)n(C2CCS(=O)(=O)C2)n1. The van der Waals surface area contributed by atoms with Crippen LogP contribution in [-0.2, 0) is 14.6 Å². The van der Waals surface area contributed by atoms with Crippen LogP contribution in [0.5, 0.6) is 0 Å².